The maximum Gasteiger partial charge on any atom is 0.416 e. The van der Waals surface area contributed by atoms with Gasteiger partial charge in [0, 0.05) is 29.1 Å². The number of rotatable bonds is 9. The van der Waals surface area contributed by atoms with Crippen molar-refractivity contribution in [3.05, 3.63) is 95.1 Å². The van der Waals surface area contributed by atoms with E-state index in [9.17, 15) is 26.4 Å². The number of sulfone groups is 1. The van der Waals surface area contributed by atoms with Crippen molar-refractivity contribution in [2.75, 3.05) is 31.9 Å². The van der Waals surface area contributed by atoms with E-state index in [2.05, 4.69) is 15.1 Å². The van der Waals surface area contributed by atoms with Crippen LogP contribution in [-0.2, 0) is 22.6 Å². The number of nitrogens with zero attached hydrogens (tertiary/aromatic N) is 3. The molecular formula is C38H43F3N4O3S. The Kier molecular flexibility index (Phi) is 10.4. The average Bonchev–Trinajstić information content (AvgIpc) is 3.11. The summed E-state index contributed by atoms with van der Waals surface area (Å²) in [5.41, 5.74) is 1.55. The van der Waals surface area contributed by atoms with Crippen molar-refractivity contribution in [2.45, 2.75) is 75.7 Å². The number of hydrogen-bond donors (Lipinski definition) is 1. The fraction of sp³-hybridized carbons (Fsp3) is 0.421. The summed E-state index contributed by atoms with van der Waals surface area (Å²) in [4.78, 5) is 24.2. The van der Waals surface area contributed by atoms with Crippen molar-refractivity contribution < 1.29 is 26.4 Å². The van der Waals surface area contributed by atoms with Gasteiger partial charge >= 0.3 is 6.18 Å². The monoisotopic (exact) mass is 692 g/mol. The van der Waals surface area contributed by atoms with Gasteiger partial charge in [0.25, 0.3) is 5.91 Å². The lowest BCUT2D eigenvalue weighted by Gasteiger charge is -2.40. The molecule has 0 unspecified atom stereocenters. The summed E-state index contributed by atoms with van der Waals surface area (Å²) in [5.74, 6) is -0.534. The quantitative estimate of drug-likeness (QED) is 0.194. The highest BCUT2D eigenvalue weighted by atomic mass is 32.2. The third-order valence-electron chi connectivity index (χ3n) is 9.98. The molecule has 1 aromatic heterocycles. The van der Waals surface area contributed by atoms with E-state index in [-0.39, 0.29) is 33.5 Å². The molecule has 2 aliphatic heterocycles. The van der Waals surface area contributed by atoms with E-state index in [4.69, 9.17) is 4.98 Å². The molecule has 3 aromatic carbocycles. The first-order valence-electron chi connectivity index (χ1n) is 17.1. The predicted molar refractivity (Wildman–Crippen MR) is 186 cm³/mol. The molecule has 3 heterocycles. The zero-order valence-electron chi connectivity index (χ0n) is 28.0. The number of aromatic nitrogens is 1. The third kappa shape index (κ3) is 7.84. The second-order valence-electron chi connectivity index (χ2n) is 13.2. The van der Waals surface area contributed by atoms with Crippen LogP contribution >= 0.6 is 0 Å². The van der Waals surface area contributed by atoms with Gasteiger partial charge in [-0.3, -0.25) is 9.69 Å². The summed E-state index contributed by atoms with van der Waals surface area (Å²) in [7, 11) is -3.63. The topological polar surface area (TPSA) is 82.6 Å². The van der Waals surface area contributed by atoms with Crippen LogP contribution in [0, 0.1) is 0 Å². The van der Waals surface area contributed by atoms with E-state index in [1.165, 1.54) is 37.5 Å². The summed E-state index contributed by atoms with van der Waals surface area (Å²) < 4.78 is 67.7. The molecule has 7 nitrogen and oxygen atoms in total. The third-order valence-corrected chi connectivity index (χ3v) is 11.7. The van der Waals surface area contributed by atoms with E-state index in [1.54, 1.807) is 19.1 Å². The van der Waals surface area contributed by atoms with Crippen LogP contribution in [0.15, 0.2) is 77.7 Å². The smallest absolute Gasteiger partial charge is 0.345 e. The van der Waals surface area contributed by atoms with Crippen molar-refractivity contribution in [2.24, 2.45) is 0 Å². The maximum atomic E-state index is 14.4. The van der Waals surface area contributed by atoms with Gasteiger partial charge in [-0.25, -0.2) is 13.4 Å². The number of benzene rings is 3. The number of carbonyl (C=O) groups excluding carboxylic acids is 1. The highest BCUT2D eigenvalue weighted by Gasteiger charge is 2.33. The molecule has 2 fully saturated rings. The number of piperidine rings is 2. The van der Waals surface area contributed by atoms with Gasteiger partial charge in [-0.2, -0.15) is 13.2 Å². The van der Waals surface area contributed by atoms with Crippen LogP contribution < -0.4 is 5.32 Å². The largest absolute Gasteiger partial charge is 0.416 e. The fourth-order valence-electron chi connectivity index (χ4n) is 7.18. The van der Waals surface area contributed by atoms with Crippen molar-refractivity contribution in [1.82, 2.24) is 20.1 Å². The molecule has 49 heavy (non-hydrogen) atoms. The van der Waals surface area contributed by atoms with E-state index < -0.39 is 27.5 Å². The molecule has 2 saturated heterocycles. The summed E-state index contributed by atoms with van der Waals surface area (Å²) in [6, 6.07) is 19.1. The van der Waals surface area contributed by atoms with E-state index >= 15 is 0 Å². The number of amides is 1. The van der Waals surface area contributed by atoms with E-state index in [1.807, 2.05) is 37.3 Å². The molecule has 0 spiro atoms. The number of alkyl halides is 3. The molecule has 4 aromatic rings. The average molecular weight is 693 g/mol. The van der Waals surface area contributed by atoms with Gasteiger partial charge in [-0.1, -0.05) is 61.9 Å². The molecule has 0 radical (unpaired) electrons. The van der Waals surface area contributed by atoms with Crippen molar-refractivity contribution in [3.63, 3.8) is 0 Å². The number of likely N-dealkylation sites (tertiary alicyclic amines) is 2. The molecule has 1 amide bonds. The van der Waals surface area contributed by atoms with E-state index in [0.29, 0.717) is 29.1 Å². The zero-order valence-corrected chi connectivity index (χ0v) is 28.8. The lowest BCUT2D eigenvalue weighted by molar-refractivity contribution is -0.137. The molecule has 2 aliphatic rings. The van der Waals surface area contributed by atoms with Crippen LogP contribution in [0.3, 0.4) is 0 Å². The lowest BCUT2D eigenvalue weighted by atomic mass is 9.93. The van der Waals surface area contributed by atoms with Gasteiger partial charge < -0.3 is 10.2 Å². The standard InChI is InChI=1S/C38H43F3N4O3S/c1-3-49(47,48)31-15-16-32-34(24-31)43-36(28-13-10-14-29(23-28)38(39,40)41)33(35(32)37(46)42-26(2)27-11-6-4-7-12-27)25-44-21-17-30(18-22-44)45-19-8-5-9-20-45/h4,6-7,10-16,23-24,26,30H,3,5,8-9,17-22,25H2,1-2H3,(H,42,46)/t26-/m0/s1. The molecular weight excluding hydrogens is 650 g/mol. The number of carbonyl (C=O) groups is 1. The van der Waals surface area contributed by atoms with Gasteiger partial charge in [-0.15, -0.1) is 0 Å². The van der Waals surface area contributed by atoms with Crippen molar-refractivity contribution in [3.8, 4) is 11.3 Å². The SMILES string of the molecule is CCS(=O)(=O)c1ccc2c(C(=O)N[C@@H](C)c3ccccc3)c(CN3CCC(N4CCCCC4)CC3)c(-c3cccc(C(F)(F)F)c3)nc2c1. The molecule has 260 valence electrons. The van der Waals surface area contributed by atoms with Gasteiger partial charge in [0.1, 0.15) is 0 Å². The highest BCUT2D eigenvalue weighted by Crippen LogP contribution is 2.37. The minimum absolute atomic E-state index is 0.0431. The maximum absolute atomic E-state index is 14.4. The Morgan fingerprint density at radius 1 is 0.939 bits per heavy atom. The first kappa shape index (κ1) is 35.0. The summed E-state index contributed by atoms with van der Waals surface area (Å²) >= 11 is 0. The number of halogens is 3. The Balaban J connectivity index is 1.49. The summed E-state index contributed by atoms with van der Waals surface area (Å²) in [5, 5.41) is 3.56. The summed E-state index contributed by atoms with van der Waals surface area (Å²) in [6.45, 7) is 7.49. The van der Waals surface area contributed by atoms with Gasteiger partial charge in [0.2, 0.25) is 0 Å². The Morgan fingerprint density at radius 3 is 2.33 bits per heavy atom. The van der Waals surface area contributed by atoms with Crippen molar-refractivity contribution in [1.29, 1.82) is 0 Å². The summed E-state index contributed by atoms with van der Waals surface area (Å²) in [6.07, 6.45) is 1.03. The molecule has 11 heteroatoms. The number of nitrogens with one attached hydrogen (secondary N) is 1. The lowest BCUT2D eigenvalue weighted by Crippen LogP contribution is -2.46. The molecule has 1 N–H and O–H groups in total. The highest BCUT2D eigenvalue weighted by molar-refractivity contribution is 7.91. The van der Waals surface area contributed by atoms with Crippen LogP contribution in [0.25, 0.3) is 22.2 Å². The van der Waals surface area contributed by atoms with Crippen LogP contribution in [0.2, 0.25) is 0 Å². The van der Waals surface area contributed by atoms with Crippen molar-refractivity contribution >= 4 is 26.6 Å². The zero-order chi connectivity index (χ0) is 34.8. The minimum Gasteiger partial charge on any atom is -0.345 e. The Labute approximate surface area is 286 Å². The Hall–Kier alpha value is -3.80. The Bertz CT molecular complexity index is 1900. The van der Waals surface area contributed by atoms with Crippen LogP contribution in [0.1, 0.15) is 79.0 Å². The molecule has 0 bridgehead atoms. The molecule has 1 atom stereocenters. The second kappa shape index (κ2) is 14.6. The van der Waals surface area contributed by atoms with Gasteiger partial charge in [0.15, 0.2) is 9.84 Å². The minimum atomic E-state index is -4.59. The second-order valence-corrected chi connectivity index (χ2v) is 15.5. The normalized spacial score (nSPS) is 17.7. The molecule has 6 rings (SSSR count). The predicted octanol–water partition coefficient (Wildman–Crippen LogP) is 7.66. The van der Waals surface area contributed by atoms with Crippen LogP contribution in [-0.4, -0.2) is 67.1 Å². The first-order chi connectivity index (χ1) is 23.4. The fourth-order valence-corrected chi connectivity index (χ4v) is 8.08. The molecule has 0 aliphatic carbocycles. The first-order valence-corrected chi connectivity index (χ1v) is 18.8. The number of fused-ring (bicyclic) bond motifs is 1. The van der Waals surface area contributed by atoms with Crippen LogP contribution in [0.4, 0.5) is 13.2 Å². The van der Waals surface area contributed by atoms with Crippen LogP contribution in [0.5, 0.6) is 0 Å². The number of pyridine rings is 1. The van der Waals surface area contributed by atoms with Gasteiger partial charge in [0.05, 0.1) is 39.0 Å². The van der Waals surface area contributed by atoms with Gasteiger partial charge in [-0.05, 0) is 88.6 Å². The Morgan fingerprint density at radius 2 is 1.65 bits per heavy atom. The van der Waals surface area contributed by atoms with E-state index in [0.717, 1.165) is 56.7 Å². The molecule has 0 saturated carbocycles. The number of hydrogen-bond acceptors (Lipinski definition) is 6.